The topological polar surface area (TPSA) is 47.6 Å². The van der Waals surface area contributed by atoms with Crippen LogP contribution in [0.15, 0.2) is 58.4 Å². The van der Waals surface area contributed by atoms with Crippen LogP contribution < -0.4 is 14.8 Å². The van der Waals surface area contributed by atoms with E-state index < -0.39 is 0 Å². The summed E-state index contributed by atoms with van der Waals surface area (Å²) < 4.78 is 11.2. The molecular weight excluding hydrogens is 426 g/mol. The number of benzene rings is 2. The second-order valence-corrected chi connectivity index (χ2v) is 7.20. The first kappa shape index (κ1) is 19.0. The van der Waals surface area contributed by atoms with Crippen molar-refractivity contribution >= 4 is 38.9 Å². The molecule has 0 fully saturated rings. The molecule has 0 aliphatic heterocycles. The zero-order valence-corrected chi connectivity index (χ0v) is 17.1. The molecule has 0 spiro atoms. The zero-order valence-electron chi connectivity index (χ0n) is 14.7. The van der Waals surface area contributed by atoms with E-state index in [-0.39, 0.29) is 5.91 Å². The van der Waals surface area contributed by atoms with E-state index in [1.807, 2.05) is 41.8 Å². The highest BCUT2D eigenvalue weighted by molar-refractivity contribution is 9.10. The van der Waals surface area contributed by atoms with Gasteiger partial charge in [-0.3, -0.25) is 4.79 Å². The van der Waals surface area contributed by atoms with Gasteiger partial charge in [-0.25, -0.2) is 0 Å². The molecule has 0 saturated heterocycles. The number of anilines is 1. The lowest BCUT2D eigenvalue weighted by molar-refractivity contribution is 0.102. The maximum atomic E-state index is 12.6. The smallest absolute Gasteiger partial charge is 0.255 e. The van der Waals surface area contributed by atoms with E-state index in [9.17, 15) is 4.79 Å². The molecule has 0 aliphatic carbocycles. The SMILES string of the molecule is COc1cc(C(=O)Nc2cccc(C#Cc3cccs3)c2)cc(OC)c1Br. The van der Waals surface area contributed by atoms with Gasteiger partial charge in [0.1, 0.15) is 16.0 Å². The van der Waals surface area contributed by atoms with Crippen molar-refractivity contribution in [3.8, 4) is 23.3 Å². The van der Waals surface area contributed by atoms with E-state index in [1.165, 1.54) is 14.2 Å². The number of ether oxygens (including phenoxy) is 2. The number of methoxy groups -OCH3 is 2. The third-order valence-corrected chi connectivity index (χ3v) is 5.25. The standard InChI is InChI=1S/C21H16BrNO3S/c1-25-18-12-15(13-19(26-2)20(18)22)21(24)23-16-6-3-5-14(11-16)8-9-17-7-4-10-27-17/h3-7,10-13H,1-2H3,(H,23,24). The Morgan fingerprint density at radius 3 is 2.41 bits per heavy atom. The number of amides is 1. The van der Waals surface area contributed by atoms with E-state index in [1.54, 1.807) is 23.5 Å². The van der Waals surface area contributed by atoms with Gasteiger partial charge in [0.05, 0.1) is 19.1 Å². The van der Waals surface area contributed by atoms with Crippen LogP contribution in [0, 0.1) is 11.8 Å². The summed E-state index contributed by atoms with van der Waals surface area (Å²) in [6.07, 6.45) is 0. The Balaban J connectivity index is 1.81. The molecule has 1 N–H and O–H groups in total. The van der Waals surface area contributed by atoms with Crippen molar-refractivity contribution in [1.82, 2.24) is 0 Å². The highest BCUT2D eigenvalue weighted by Crippen LogP contribution is 2.35. The Hall–Kier alpha value is -2.75. The average Bonchev–Trinajstić information content (AvgIpc) is 3.20. The predicted octanol–water partition coefficient (Wildman–Crippen LogP) is 5.18. The van der Waals surface area contributed by atoms with Gasteiger partial charge >= 0.3 is 0 Å². The van der Waals surface area contributed by atoms with Crippen LogP contribution in [0.1, 0.15) is 20.8 Å². The molecule has 0 saturated carbocycles. The molecular formula is C21H16BrNO3S. The fourth-order valence-corrected chi connectivity index (χ4v) is 3.49. The summed E-state index contributed by atoms with van der Waals surface area (Å²) in [6.45, 7) is 0. The van der Waals surface area contributed by atoms with Gasteiger partial charge in [0.2, 0.25) is 0 Å². The largest absolute Gasteiger partial charge is 0.495 e. The van der Waals surface area contributed by atoms with Crippen molar-refractivity contribution in [2.45, 2.75) is 0 Å². The Morgan fingerprint density at radius 2 is 1.78 bits per heavy atom. The number of hydrogen-bond acceptors (Lipinski definition) is 4. The van der Waals surface area contributed by atoms with Gasteiger partial charge in [0, 0.05) is 16.8 Å². The van der Waals surface area contributed by atoms with Crippen molar-refractivity contribution in [2.24, 2.45) is 0 Å². The second-order valence-electron chi connectivity index (χ2n) is 5.46. The van der Waals surface area contributed by atoms with Gasteiger partial charge in [-0.1, -0.05) is 24.0 Å². The van der Waals surface area contributed by atoms with Gasteiger partial charge in [-0.15, -0.1) is 11.3 Å². The first-order chi connectivity index (χ1) is 13.1. The van der Waals surface area contributed by atoms with Crippen LogP contribution in [0.5, 0.6) is 11.5 Å². The van der Waals surface area contributed by atoms with E-state index in [0.717, 1.165) is 10.4 Å². The fraction of sp³-hybridized carbons (Fsp3) is 0.0952. The van der Waals surface area contributed by atoms with Crippen LogP contribution in [0.2, 0.25) is 0 Å². The van der Waals surface area contributed by atoms with Crippen molar-refractivity contribution < 1.29 is 14.3 Å². The van der Waals surface area contributed by atoms with Crippen molar-refractivity contribution in [1.29, 1.82) is 0 Å². The Bertz CT molecular complexity index is 994. The van der Waals surface area contributed by atoms with Crippen molar-refractivity contribution in [2.75, 3.05) is 19.5 Å². The molecule has 4 nitrogen and oxygen atoms in total. The van der Waals surface area contributed by atoms with Crippen LogP contribution >= 0.6 is 27.3 Å². The summed E-state index contributed by atoms with van der Waals surface area (Å²) in [5.41, 5.74) is 1.92. The van der Waals surface area contributed by atoms with Gasteiger partial charge in [0.25, 0.3) is 5.91 Å². The third-order valence-electron chi connectivity index (χ3n) is 3.68. The monoisotopic (exact) mass is 441 g/mol. The maximum absolute atomic E-state index is 12.6. The van der Waals surface area contributed by atoms with Gasteiger partial charge in [-0.2, -0.15) is 0 Å². The fourth-order valence-electron chi connectivity index (χ4n) is 2.36. The van der Waals surface area contributed by atoms with E-state index in [2.05, 4.69) is 33.1 Å². The summed E-state index contributed by atoms with van der Waals surface area (Å²) in [5, 5.41) is 4.87. The molecule has 0 aliphatic rings. The Morgan fingerprint density at radius 1 is 1.04 bits per heavy atom. The molecule has 1 heterocycles. The molecule has 1 amide bonds. The molecule has 0 unspecified atom stereocenters. The maximum Gasteiger partial charge on any atom is 0.255 e. The van der Waals surface area contributed by atoms with Crippen LogP contribution in [0.25, 0.3) is 0 Å². The molecule has 3 aromatic rings. The molecule has 27 heavy (non-hydrogen) atoms. The number of carbonyl (C=O) groups is 1. The molecule has 136 valence electrons. The number of nitrogens with one attached hydrogen (secondary N) is 1. The minimum absolute atomic E-state index is 0.262. The predicted molar refractivity (Wildman–Crippen MR) is 112 cm³/mol. The van der Waals surface area contributed by atoms with Crippen LogP contribution in [0.4, 0.5) is 5.69 Å². The highest BCUT2D eigenvalue weighted by Gasteiger charge is 2.15. The normalized spacial score (nSPS) is 9.89. The molecule has 2 aromatic carbocycles. The quantitative estimate of drug-likeness (QED) is 0.567. The molecule has 3 rings (SSSR count). The lowest BCUT2D eigenvalue weighted by Gasteiger charge is -2.12. The summed E-state index contributed by atoms with van der Waals surface area (Å²) in [7, 11) is 3.08. The Labute approximate surface area is 170 Å². The molecule has 6 heteroatoms. The minimum atomic E-state index is -0.262. The van der Waals surface area contributed by atoms with Crippen molar-refractivity contribution in [3.05, 3.63) is 74.4 Å². The van der Waals surface area contributed by atoms with E-state index in [4.69, 9.17) is 9.47 Å². The summed E-state index contributed by atoms with van der Waals surface area (Å²) in [5.74, 6) is 7.00. The van der Waals surface area contributed by atoms with Crippen LogP contribution in [0.3, 0.4) is 0 Å². The van der Waals surface area contributed by atoms with E-state index in [0.29, 0.717) is 27.2 Å². The Kier molecular flexibility index (Phi) is 6.17. The van der Waals surface area contributed by atoms with Crippen LogP contribution in [-0.2, 0) is 0 Å². The minimum Gasteiger partial charge on any atom is -0.495 e. The van der Waals surface area contributed by atoms with Crippen molar-refractivity contribution in [3.63, 3.8) is 0 Å². The third kappa shape index (κ3) is 4.70. The second kappa shape index (κ2) is 8.76. The first-order valence-electron chi connectivity index (χ1n) is 7.99. The number of rotatable bonds is 4. The lowest BCUT2D eigenvalue weighted by Crippen LogP contribution is -2.12. The van der Waals surface area contributed by atoms with Gasteiger partial charge in [-0.05, 0) is 57.7 Å². The van der Waals surface area contributed by atoms with Gasteiger partial charge in [0.15, 0.2) is 0 Å². The lowest BCUT2D eigenvalue weighted by atomic mass is 10.1. The molecule has 0 bridgehead atoms. The van der Waals surface area contributed by atoms with E-state index >= 15 is 0 Å². The molecule has 0 radical (unpaired) electrons. The summed E-state index contributed by atoms with van der Waals surface area (Å²) in [6, 6.07) is 14.7. The highest BCUT2D eigenvalue weighted by atomic mass is 79.9. The average molecular weight is 442 g/mol. The van der Waals surface area contributed by atoms with Gasteiger partial charge < -0.3 is 14.8 Å². The summed E-state index contributed by atoms with van der Waals surface area (Å²) >= 11 is 4.99. The zero-order chi connectivity index (χ0) is 19.2. The molecule has 0 atom stereocenters. The first-order valence-corrected chi connectivity index (χ1v) is 9.66. The molecule has 1 aromatic heterocycles. The number of carbonyl (C=O) groups excluding carboxylic acids is 1. The number of hydrogen-bond donors (Lipinski definition) is 1. The van der Waals surface area contributed by atoms with Crippen LogP contribution in [-0.4, -0.2) is 20.1 Å². The number of thiophene rings is 1. The number of halogens is 1. The summed E-state index contributed by atoms with van der Waals surface area (Å²) in [4.78, 5) is 13.6.